The van der Waals surface area contributed by atoms with Crippen molar-refractivity contribution in [1.82, 2.24) is 20.0 Å². The highest BCUT2D eigenvalue weighted by atomic mass is 16.5. The van der Waals surface area contributed by atoms with Crippen LogP contribution in [0.25, 0.3) is 0 Å². The fourth-order valence-corrected chi connectivity index (χ4v) is 6.28. The van der Waals surface area contributed by atoms with Gasteiger partial charge in [-0.15, -0.1) is 0 Å². The number of rotatable bonds is 8. The molecule has 9 heteroatoms. The van der Waals surface area contributed by atoms with E-state index in [2.05, 4.69) is 63.4 Å². The molecule has 204 valence electrons. The van der Waals surface area contributed by atoms with Gasteiger partial charge in [-0.1, -0.05) is 25.2 Å². The number of hydrogen-bond donors (Lipinski definition) is 2. The molecule has 0 bridgehead atoms. The minimum atomic E-state index is 0.0434. The number of nitrogens with two attached hydrogens (primary N) is 1. The number of piperazine rings is 1. The summed E-state index contributed by atoms with van der Waals surface area (Å²) in [6.07, 6.45) is 15.3. The fourth-order valence-electron chi connectivity index (χ4n) is 6.28. The Labute approximate surface area is 222 Å². The van der Waals surface area contributed by atoms with E-state index in [0.717, 1.165) is 64.4 Å². The minimum Gasteiger partial charge on any atom is -0.380 e. The van der Waals surface area contributed by atoms with Gasteiger partial charge in [0.05, 0.1) is 49.5 Å². The van der Waals surface area contributed by atoms with Gasteiger partial charge in [0.1, 0.15) is 5.84 Å². The van der Waals surface area contributed by atoms with Gasteiger partial charge in [-0.2, -0.15) is 0 Å². The predicted octanol–water partition coefficient (Wildman–Crippen LogP) is 1.59. The van der Waals surface area contributed by atoms with Crippen LogP contribution in [0.3, 0.4) is 0 Å². The van der Waals surface area contributed by atoms with E-state index in [4.69, 9.17) is 20.2 Å². The number of ether oxygens (including phenoxy) is 2. The largest absolute Gasteiger partial charge is 0.380 e. The van der Waals surface area contributed by atoms with Gasteiger partial charge in [0.15, 0.2) is 0 Å². The van der Waals surface area contributed by atoms with E-state index in [9.17, 15) is 0 Å². The summed E-state index contributed by atoms with van der Waals surface area (Å²) < 4.78 is 11.5. The Morgan fingerprint density at radius 3 is 2.89 bits per heavy atom. The molecule has 0 amide bonds. The van der Waals surface area contributed by atoms with Crippen LogP contribution in [0, 0.1) is 5.92 Å². The molecule has 5 aliphatic rings. The van der Waals surface area contributed by atoms with Crippen LogP contribution in [0.1, 0.15) is 32.6 Å². The zero-order chi connectivity index (χ0) is 25.8. The number of amidine groups is 1. The van der Waals surface area contributed by atoms with Crippen LogP contribution in [-0.2, 0) is 9.47 Å². The van der Waals surface area contributed by atoms with Crippen molar-refractivity contribution in [3.8, 4) is 0 Å². The molecule has 2 fully saturated rings. The molecule has 4 aliphatic heterocycles. The smallest absolute Gasteiger partial charge is 0.145 e. The average Bonchev–Trinajstić information content (AvgIpc) is 3.19. The van der Waals surface area contributed by atoms with Crippen LogP contribution in [0.15, 0.2) is 45.7 Å². The Balaban J connectivity index is 1.30. The lowest BCUT2D eigenvalue weighted by Crippen LogP contribution is -2.54. The molecular weight excluding hydrogens is 466 g/mol. The molecule has 0 aromatic carbocycles. The van der Waals surface area contributed by atoms with Gasteiger partial charge < -0.3 is 30.3 Å². The third kappa shape index (κ3) is 5.95. The number of allylic oxidation sites excluding steroid dienone is 2. The van der Waals surface area contributed by atoms with Crippen molar-refractivity contribution in [3.05, 3.63) is 35.7 Å². The van der Waals surface area contributed by atoms with Gasteiger partial charge in [-0.3, -0.25) is 14.9 Å². The van der Waals surface area contributed by atoms with Crippen molar-refractivity contribution in [2.24, 2.45) is 21.6 Å². The van der Waals surface area contributed by atoms with Crippen molar-refractivity contribution < 1.29 is 9.47 Å². The second kappa shape index (κ2) is 12.1. The number of hydrogen-bond acceptors (Lipinski definition) is 8. The van der Waals surface area contributed by atoms with E-state index in [0.29, 0.717) is 31.1 Å². The van der Waals surface area contributed by atoms with Crippen molar-refractivity contribution >= 4 is 12.2 Å². The molecule has 9 nitrogen and oxygen atoms in total. The maximum absolute atomic E-state index is 6.21. The van der Waals surface area contributed by atoms with Crippen molar-refractivity contribution in [3.63, 3.8) is 0 Å². The lowest BCUT2D eigenvalue weighted by atomic mass is 9.86. The Bertz CT molecular complexity index is 939. The lowest BCUT2D eigenvalue weighted by Gasteiger charge is -2.40. The summed E-state index contributed by atoms with van der Waals surface area (Å²) in [6, 6.07) is 1.29. The van der Waals surface area contributed by atoms with Crippen molar-refractivity contribution in [1.29, 1.82) is 0 Å². The van der Waals surface area contributed by atoms with Gasteiger partial charge in [0.25, 0.3) is 0 Å². The number of likely N-dealkylation sites (N-methyl/N-ethyl adjacent to an activating group) is 1. The number of methoxy groups -OCH3 is 1. The maximum Gasteiger partial charge on any atom is 0.145 e. The molecule has 3 N–H and O–H groups in total. The topological polar surface area (TPSA) is 91.0 Å². The van der Waals surface area contributed by atoms with Crippen molar-refractivity contribution in [2.75, 3.05) is 60.1 Å². The van der Waals surface area contributed by atoms with Crippen LogP contribution in [0.5, 0.6) is 0 Å². The molecule has 0 aromatic rings. The zero-order valence-electron chi connectivity index (χ0n) is 22.8. The molecule has 0 radical (unpaired) electrons. The van der Waals surface area contributed by atoms with Gasteiger partial charge in [0, 0.05) is 59.1 Å². The fraction of sp³-hybridized carbons (Fsp3) is 0.714. The normalized spacial score (nSPS) is 32.8. The predicted molar refractivity (Wildman–Crippen MR) is 149 cm³/mol. The summed E-state index contributed by atoms with van der Waals surface area (Å²) in [6.45, 7) is 7.80. The summed E-state index contributed by atoms with van der Waals surface area (Å²) in [4.78, 5) is 16.9. The van der Waals surface area contributed by atoms with Crippen LogP contribution in [0.2, 0.25) is 0 Å². The molecule has 4 heterocycles. The number of aliphatic imine (C=N–C) groups is 2. The summed E-state index contributed by atoms with van der Waals surface area (Å²) in [5.41, 5.74) is 8.88. The molecular formula is C28H45N7O2. The molecule has 1 aliphatic carbocycles. The highest BCUT2D eigenvalue weighted by Gasteiger charge is 2.36. The summed E-state index contributed by atoms with van der Waals surface area (Å²) in [7, 11) is 3.94. The average molecular weight is 512 g/mol. The second-order valence-electron chi connectivity index (χ2n) is 11.0. The van der Waals surface area contributed by atoms with Gasteiger partial charge in [-0.05, 0) is 37.2 Å². The number of nitrogens with zero attached hydrogens (tertiary/aromatic N) is 5. The highest BCUT2D eigenvalue weighted by Crippen LogP contribution is 2.32. The van der Waals surface area contributed by atoms with Crippen molar-refractivity contribution in [2.45, 2.75) is 62.9 Å². The first-order chi connectivity index (χ1) is 18.1. The number of nitrogens with one attached hydrogen (secondary N) is 1. The Morgan fingerprint density at radius 2 is 2.11 bits per heavy atom. The van der Waals surface area contributed by atoms with Crippen LogP contribution in [-0.4, -0.2) is 117 Å². The number of fused-ring (bicyclic) bond motifs is 2. The van der Waals surface area contributed by atoms with Crippen LogP contribution < -0.4 is 11.1 Å². The van der Waals surface area contributed by atoms with Gasteiger partial charge in [-0.25, -0.2) is 0 Å². The first-order valence-corrected chi connectivity index (χ1v) is 14.0. The zero-order valence-corrected chi connectivity index (χ0v) is 22.8. The molecule has 0 aromatic heterocycles. The summed E-state index contributed by atoms with van der Waals surface area (Å²) in [5, 5.41) is 3.84. The van der Waals surface area contributed by atoms with Gasteiger partial charge in [0.2, 0.25) is 0 Å². The standard InChI is InChI=1S/C28H45N7O2/c1-20-4-7-24-28(30-10-8-27(36-3)26(17-29)34-12-14-37-15-13-34)32-23(18-35(24)11-9-20)21-5-6-22-25(16-21)33(2)19-31-22/h5,7,9,11,19-20,22-23,25-27H,4,6,8,10,12-18,29H2,1-3H3,(H,30,32). The molecule has 0 spiro atoms. The lowest BCUT2D eigenvalue weighted by molar-refractivity contribution is -0.0340. The SMILES string of the molecule is COC(CCN=C1NC(C2=CCC3N=CN(C)C3C2)CN2C=CC(C)CC=C12)C(CN)N1CCOCC1. The quantitative estimate of drug-likeness (QED) is 0.478. The van der Waals surface area contributed by atoms with E-state index in [1.165, 1.54) is 11.3 Å². The van der Waals surface area contributed by atoms with E-state index in [1.807, 2.05) is 6.34 Å². The van der Waals surface area contributed by atoms with E-state index in [-0.39, 0.29) is 18.2 Å². The first-order valence-electron chi connectivity index (χ1n) is 14.0. The minimum absolute atomic E-state index is 0.0434. The van der Waals surface area contributed by atoms with Crippen LogP contribution >= 0.6 is 0 Å². The highest BCUT2D eigenvalue weighted by molar-refractivity contribution is 5.99. The Hall–Kier alpha value is -2.20. The van der Waals surface area contributed by atoms with E-state index < -0.39 is 0 Å². The van der Waals surface area contributed by atoms with Crippen LogP contribution in [0.4, 0.5) is 0 Å². The third-order valence-electron chi connectivity index (χ3n) is 8.61. The molecule has 5 rings (SSSR count). The number of morpholine rings is 1. The first kappa shape index (κ1) is 26.4. The molecule has 37 heavy (non-hydrogen) atoms. The third-order valence-corrected chi connectivity index (χ3v) is 8.61. The van der Waals surface area contributed by atoms with Gasteiger partial charge >= 0.3 is 0 Å². The molecule has 6 unspecified atom stereocenters. The van der Waals surface area contributed by atoms with E-state index in [1.54, 1.807) is 7.11 Å². The maximum atomic E-state index is 6.21. The summed E-state index contributed by atoms with van der Waals surface area (Å²) >= 11 is 0. The Kier molecular flexibility index (Phi) is 8.64. The molecule has 6 atom stereocenters. The monoisotopic (exact) mass is 511 g/mol. The molecule has 0 saturated carbocycles. The molecule has 2 saturated heterocycles. The second-order valence-corrected chi connectivity index (χ2v) is 11.0. The van der Waals surface area contributed by atoms with E-state index >= 15 is 0 Å². The summed E-state index contributed by atoms with van der Waals surface area (Å²) in [5.74, 6) is 1.52. The Morgan fingerprint density at radius 1 is 1.27 bits per heavy atom.